The Bertz CT molecular complexity index is 439. The van der Waals surface area contributed by atoms with Crippen LogP contribution in [0.2, 0.25) is 0 Å². The molecule has 0 aromatic carbocycles. The fourth-order valence-corrected chi connectivity index (χ4v) is 1.56. The first-order valence-electron chi connectivity index (χ1n) is 5.20. The van der Waals surface area contributed by atoms with Crippen LogP contribution in [0.5, 0.6) is 0 Å². The summed E-state index contributed by atoms with van der Waals surface area (Å²) in [5, 5.41) is 9.11. The van der Waals surface area contributed by atoms with Gasteiger partial charge in [0.2, 0.25) is 0 Å². The molecule has 4 nitrogen and oxygen atoms in total. The van der Waals surface area contributed by atoms with Crippen LogP contribution in [0.25, 0.3) is 0 Å². The minimum Gasteiger partial charge on any atom is -0.465 e. The predicted octanol–water partition coefficient (Wildman–Crippen LogP) is 2.48. The fourth-order valence-electron chi connectivity index (χ4n) is 1.32. The van der Waals surface area contributed by atoms with E-state index >= 15 is 0 Å². The summed E-state index contributed by atoms with van der Waals surface area (Å²) in [7, 11) is 0. The molecule has 0 radical (unpaired) electrons. The lowest BCUT2D eigenvalue weighted by molar-refractivity contribution is -0.151. The number of aromatic nitrogens is 1. The molecule has 1 aromatic rings. The Morgan fingerprint density at radius 1 is 1.65 bits per heavy atom. The molecule has 1 aromatic heterocycles. The van der Waals surface area contributed by atoms with Gasteiger partial charge in [-0.05, 0) is 41.9 Å². The van der Waals surface area contributed by atoms with Crippen molar-refractivity contribution in [2.24, 2.45) is 5.41 Å². The molecule has 90 valence electrons. The number of hydrogen-bond donors (Lipinski definition) is 0. The average molecular weight is 297 g/mol. The van der Waals surface area contributed by atoms with Crippen molar-refractivity contribution in [1.82, 2.24) is 4.98 Å². The summed E-state index contributed by atoms with van der Waals surface area (Å²) in [6.07, 6.45) is 1.88. The molecule has 0 aliphatic heterocycles. The molecule has 0 amide bonds. The molecule has 0 saturated heterocycles. The lowest BCUT2D eigenvalue weighted by atomic mass is 9.87. The summed E-state index contributed by atoms with van der Waals surface area (Å²) in [6, 6.07) is 5.60. The molecule has 0 aliphatic rings. The van der Waals surface area contributed by atoms with E-state index in [2.05, 4.69) is 20.9 Å². The Hall–Kier alpha value is -1.41. The largest absolute Gasteiger partial charge is 0.465 e. The zero-order chi connectivity index (χ0) is 12.9. The van der Waals surface area contributed by atoms with Gasteiger partial charge in [0, 0.05) is 22.8 Å². The number of ether oxygens (including phenoxy) is 1. The third-order valence-corrected chi connectivity index (χ3v) is 2.77. The fraction of sp³-hybridized carbons (Fsp3) is 0.417. The van der Waals surface area contributed by atoms with Gasteiger partial charge in [0.05, 0.1) is 12.7 Å². The van der Waals surface area contributed by atoms with Crippen molar-refractivity contribution in [2.45, 2.75) is 20.3 Å². The summed E-state index contributed by atoms with van der Waals surface area (Å²) in [5.41, 5.74) is -0.498. The molecule has 1 atom stereocenters. The number of halogens is 1. The molecule has 0 saturated carbocycles. The monoisotopic (exact) mass is 296 g/mol. The number of hydrogen-bond acceptors (Lipinski definition) is 4. The van der Waals surface area contributed by atoms with E-state index < -0.39 is 11.4 Å². The van der Waals surface area contributed by atoms with Crippen molar-refractivity contribution in [3.05, 3.63) is 28.5 Å². The van der Waals surface area contributed by atoms with Gasteiger partial charge >= 0.3 is 5.97 Å². The highest BCUT2D eigenvalue weighted by atomic mass is 79.9. The second kappa shape index (κ2) is 5.78. The second-order valence-electron chi connectivity index (χ2n) is 3.81. The molecule has 1 rings (SSSR count). The van der Waals surface area contributed by atoms with E-state index in [1.54, 1.807) is 26.1 Å². The van der Waals surface area contributed by atoms with Crippen molar-refractivity contribution >= 4 is 21.9 Å². The van der Waals surface area contributed by atoms with Crippen LogP contribution in [0.4, 0.5) is 0 Å². The zero-order valence-electron chi connectivity index (χ0n) is 9.74. The number of carbonyl (C=O) groups is 1. The Labute approximate surface area is 109 Å². The molecule has 0 fully saturated rings. The van der Waals surface area contributed by atoms with Gasteiger partial charge in [0.15, 0.2) is 5.41 Å². The molecular weight excluding hydrogens is 284 g/mol. The number of pyridine rings is 1. The second-order valence-corrected chi connectivity index (χ2v) is 4.72. The molecule has 0 spiro atoms. The first-order chi connectivity index (χ1) is 8.01. The SMILES string of the molecule is CCOC(=O)C(C)(C#N)Cc1ccc(Br)cn1. The average Bonchev–Trinajstić information content (AvgIpc) is 2.32. The van der Waals surface area contributed by atoms with Crippen molar-refractivity contribution in [3.8, 4) is 6.07 Å². The quantitative estimate of drug-likeness (QED) is 0.801. The van der Waals surface area contributed by atoms with Crippen LogP contribution in [0.3, 0.4) is 0 Å². The molecule has 0 bridgehead atoms. The molecule has 1 unspecified atom stereocenters. The third-order valence-electron chi connectivity index (χ3n) is 2.30. The van der Waals surface area contributed by atoms with Crippen molar-refractivity contribution in [2.75, 3.05) is 6.61 Å². The minimum absolute atomic E-state index is 0.246. The van der Waals surface area contributed by atoms with E-state index in [9.17, 15) is 4.79 Å². The van der Waals surface area contributed by atoms with Crippen molar-refractivity contribution in [1.29, 1.82) is 5.26 Å². The van der Waals surface area contributed by atoms with Crippen molar-refractivity contribution < 1.29 is 9.53 Å². The maximum atomic E-state index is 11.7. The lowest BCUT2D eigenvalue weighted by Gasteiger charge is -2.18. The van der Waals surface area contributed by atoms with Crippen LogP contribution in [-0.2, 0) is 16.0 Å². The first kappa shape index (κ1) is 13.7. The van der Waals surface area contributed by atoms with Gasteiger partial charge < -0.3 is 4.74 Å². The molecule has 1 heterocycles. The van der Waals surface area contributed by atoms with Crippen LogP contribution in [0, 0.1) is 16.7 Å². The maximum absolute atomic E-state index is 11.7. The topological polar surface area (TPSA) is 63.0 Å². The Balaban J connectivity index is 2.86. The molecule has 5 heteroatoms. The maximum Gasteiger partial charge on any atom is 0.326 e. The van der Waals surface area contributed by atoms with Gasteiger partial charge in [0.1, 0.15) is 0 Å². The van der Waals surface area contributed by atoms with Crippen molar-refractivity contribution in [3.63, 3.8) is 0 Å². The number of esters is 1. The third kappa shape index (κ3) is 3.53. The number of nitrogens with zero attached hydrogens (tertiary/aromatic N) is 2. The molecular formula is C12H13BrN2O2. The van der Waals surface area contributed by atoms with Crippen LogP contribution >= 0.6 is 15.9 Å². The summed E-state index contributed by atoms with van der Waals surface area (Å²) in [6.45, 7) is 3.55. The highest BCUT2D eigenvalue weighted by Gasteiger charge is 2.35. The van der Waals surface area contributed by atoms with Crippen LogP contribution in [0.15, 0.2) is 22.8 Å². The minimum atomic E-state index is -1.18. The normalized spacial score (nSPS) is 13.5. The highest BCUT2D eigenvalue weighted by Crippen LogP contribution is 2.23. The Morgan fingerprint density at radius 2 is 2.35 bits per heavy atom. The van der Waals surface area contributed by atoms with E-state index in [4.69, 9.17) is 10.00 Å². The molecule has 17 heavy (non-hydrogen) atoms. The van der Waals surface area contributed by atoms with E-state index in [0.29, 0.717) is 5.69 Å². The number of carbonyl (C=O) groups excluding carboxylic acids is 1. The molecule has 0 N–H and O–H groups in total. The van der Waals surface area contributed by atoms with Crippen LogP contribution in [-0.4, -0.2) is 17.6 Å². The first-order valence-corrected chi connectivity index (χ1v) is 6.00. The highest BCUT2D eigenvalue weighted by molar-refractivity contribution is 9.10. The Kier molecular flexibility index (Phi) is 4.64. The standard InChI is InChI=1S/C12H13BrN2O2/c1-3-17-11(16)12(2,8-14)6-10-5-4-9(13)7-15-10/h4-5,7H,3,6H2,1-2H3. The van der Waals surface area contributed by atoms with Gasteiger partial charge in [-0.1, -0.05) is 0 Å². The summed E-state index contributed by atoms with van der Waals surface area (Å²) >= 11 is 3.28. The van der Waals surface area contributed by atoms with Crippen LogP contribution < -0.4 is 0 Å². The number of nitriles is 1. The predicted molar refractivity (Wildman–Crippen MR) is 66.0 cm³/mol. The van der Waals surface area contributed by atoms with Gasteiger partial charge in [-0.3, -0.25) is 9.78 Å². The van der Waals surface area contributed by atoms with E-state index in [1.165, 1.54) is 0 Å². The van der Waals surface area contributed by atoms with Gasteiger partial charge in [-0.25, -0.2) is 0 Å². The van der Waals surface area contributed by atoms with E-state index in [0.717, 1.165) is 4.47 Å². The summed E-state index contributed by atoms with van der Waals surface area (Å²) in [5.74, 6) is -0.507. The molecule has 0 aliphatic carbocycles. The summed E-state index contributed by atoms with van der Waals surface area (Å²) in [4.78, 5) is 15.8. The van der Waals surface area contributed by atoms with E-state index in [-0.39, 0.29) is 13.0 Å². The zero-order valence-corrected chi connectivity index (χ0v) is 11.3. The summed E-state index contributed by atoms with van der Waals surface area (Å²) < 4.78 is 5.75. The number of rotatable bonds is 4. The van der Waals surface area contributed by atoms with Gasteiger partial charge in [-0.15, -0.1) is 0 Å². The lowest BCUT2D eigenvalue weighted by Crippen LogP contribution is -2.31. The van der Waals surface area contributed by atoms with Crippen LogP contribution in [0.1, 0.15) is 19.5 Å². The van der Waals surface area contributed by atoms with E-state index in [1.807, 2.05) is 12.1 Å². The van der Waals surface area contributed by atoms with Gasteiger partial charge in [-0.2, -0.15) is 5.26 Å². The Morgan fingerprint density at radius 3 is 2.82 bits per heavy atom. The van der Waals surface area contributed by atoms with Gasteiger partial charge in [0.25, 0.3) is 0 Å². The smallest absolute Gasteiger partial charge is 0.326 e.